The number of aryl methyl sites for hydroxylation is 1. The number of ether oxygens (including phenoxy) is 1. The van der Waals surface area contributed by atoms with Gasteiger partial charge in [0.25, 0.3) is 0 Å². The Balaban J connectivity index is 0.00000220. The van der Waals surface area contributed by atoms with E-state index >= 15 is 0 Å². The Morgan fingerprint density at radius 3 is 2.41 bits per heavy atom. The molecule has 22 heavy (non-hydrogen) atoms. The molecule has 0 saturated heterocycles. The molecule has 0 saturated carbocycles. The number of halogens is 2. The van der Waals surface area contributed by atoms with Gasteiger partial charge < -0.3 is 10.5 Å². The average Bonchev–Trinajstić information content (AvgIpc) is 2.74. The Morgan fingerprint density at radius 1 is 1.27 bits per heavy atom. The summed E-state index contributed by atoms with van der Waals surface area (Å²) >= 11 is 0. The highest BCUT2D eigenvalue weighted by Crippen LogP contribution is 2.23. The number of aromatic nitrogens is 2. The largest absolute Gasteiger partial charge is 0.465 e. The monoisotopic (exact) mass is 345 g/mol. The lowest BCUT2D eigenvalue weighted by atomic mass is 10.1. The predicted octanol–water partition coefficient (Wildman–Crippen LogP) is 2.90. The summed E-state index contributed by atoms with van der Waals surface area (Å²) in [5, 5.41) is 4.47. The van der Waals surface area contributed by atoms with Crippen LogP contribution in [0.4, 0.5) is 0 Å². The third-order valence-corrected chi connectivity index (χ3v) is 3.20. The van der Waals surface area contributed by atoms with E-state index in [-0.39, 0.29) is 24.8 Å². The van der Waals surface area contributed by atoms with Gasteiger partial charge in [0.1, 0.15) is 6.04 Å². The first-order valence-corrected chi connectivity index (χ1v) is 6.60. The Bertz CT molecular complexity index is 615. The highest BCUT2D eigenvalue weighted by atomic mass is 35.5. The van der Waals surface area contributed by atoms with Gasteiger partial charge in [-0.1, -0.05) is 18.2 Å². The van der Waals surface area contributed by atoms with Gasteiger partial charge in [-0.25, -0.2) is 9.48 Å². The molecule has 1 aromatic carbocycles. The number of carbonyl (C=O) groups is 1. The van der Waals surface area contributed by atoms with Crippen molar-refractivity contribution >= 4 is 30.8 Å². The number of hydrogen-bond acceptors (Lipinski definition) is 4. The quantitative estimate of drug-likeness (QED) is 0.865. The molecule has 0 aliphatic heterocycles. The molecule has 2 rings (SSSR count). The summed E-state index contributed by atoms with van der Waals surface area (Å²) in [6, 6.07) is 8.94. The number of benzene rings is 1. The van der Waals surface area contributed by atoms with Gasteiger partial charge in [-0.3, -0.25) is 0 Å². The van der Waals surface area contributed by atoms with Crippen molar-refractivity contribution in [1.29, 1.82) is 0 Å². The van der Waals surface area contributed by atoms with Gasteiger partial charge in [0.15, 0.2) is 0 Å². The third kappa shape index (κ3) is 4.00. The SMILES string of the molecule is CCOC(=O)C(N)c1c(C)nn(-c2ccccc2)c1C.Cl.Cl. The molecular formula is C15H21Cl2N3O2. The zero-order chi connectivity index (χ0) is 14.7. The molecule has 0 fully saturated rings. The van der Waals surface area contributed by atoms with E-state index in [0.29, 0.717) is 6.61 Å². The number of esters is 1. The fourth-order valence-electron chi connectivity index (χ4n) is 2.28. The molecule has 0 amide bonds. The molecule has 0 spiro atoms. The van der Waals surface area contributed by atoms with E-state index in [2.05, 4.69) is 5.10 Å². The van der Waals surface area contributed by atoms with Crippen molar-refractivity contribution < 1.29 is 9.53 Å². The van der Waals surface area contributed by atoms with Gasteiger partial charge in [-0.15, -0.1) is 24.8 Å². The number of hydrogen-bond donors (Lipinski definition) is 1. The lowest BCUT2D eigenvalue weighted by Gasteiger charge is -2.11. The van der Waals surface area contributed by atoms with Crippen LogP contribution >= 0.6 is 24.8 Å². The van der Waals surface area contributed by atoms with Crippen molar-refractivity contribution in [2.75, 3.05) is 6.61 Å². The molecule has 1 heterocycles. The first-order valence-electron chi connectivity index (χ1n) is 6.60. The second-order valence-electron chi connectivity index (χ2n) is 4.56. The molecule has 1 aromatic heterocycles. The van der Waals surface area contributed by atoms with Crippen LogP contribution in [0.25, 0.3) is 5.69 Å². The first-order chi connectivity index (χ1) is 9.56. The van der Waals surface area contributed by atoms with Crippen molar-refractivity contribution in [3.05, 3.63) is 47.3 Å². The van der Waals surface area contributed by atoms with Crippen LogP contribution < -0.4 is 5.73 Å². The molecule has 0 bridgehead atoms. The number of nitrogens with zero attached hydrogens (tertiary/aromatic N) is 2. The van der Waals surface area contributed by atoms with E-state index in [0.717, 1.165) is 22.6 Å². The minimum Gasteiger partial charge on any atom is -0.465 e. The van der Waals surface area contributed by atoms with Crippen LogP contribution in [-0.2, 0) is 9.53 Å². The highest BCUT2D eigenvalue weighted by molar-refractivity contribution is 5.85. The molecule has 0 aliphatic rings. The van der Waals surface area contributed by atoms with Crippen LogP contribution in [0, 0.1) is 13.8 Å². The van der Waals surface area contributed by atoms with Gasteiger partial charge in [-0.05, 0) is 32.9 Å². The molecule has 7 heteroatoms. The fourth-order valence-corrected chi connectivity index (χ4v) is 2.28. The lowest BCUT2D eigenvalue weighted by Crippen LogP contribution is -2.24. The van der Waals surface area contributed by atoms with Crippen molar-refractivity contribution in [2.45, 2.75) is 26.8 Å². The van der Waals surface area contributed by atoms with E-state index in [4.69, 9.17) is 10.5 Å². The number of para-hydroxylation sites is 1. The van der Waals surface area contributed by atoms with Crippen LogP contribution in [0.5, 0.6) is 0 Å². The zero-order valence-electron chi connectivity index (χ0n) is 12.8. The topological polar surface area (TPSA) is 70.1 Å². The summed E-state index contributed by atoms with van der Waals surface area (Å²) in [5.74, 6) is -0.425. The van der Waals surface area contributed by atoms with E-state index in [1.54, 1.807) is 11.6 Å². The smallest absolute Gasteiger partial charge is 0.327 e. The van der Waals surface area contributed by atoms with E-state index in [9.17, 15) is 4.79 Å². The summed E-state index contributed by atoms with van der Waals surface area (Å²) < 4.78 is 6.78. The first kappa shape index (κ1) is 20.4. The van der Waals surface area contributed by atoms with Crippen LogP contribution in [0.1, 0.15) is 29.9 Å². The van der Waals surface area contributed by atoms with E-state index in [1.165, 1.54) is 0 Å². The molecular weight excluding hydrogens is 325 g/mol. The summed E-state index contributed by atoms with van der Waals surface area (Å²) in [6.45, 7) is 5.83. The molecule has 0 radical (unpaired) electrons. The van der Waals surface area contributed by atoms with Crippen molar-refractivity contribution in [3.8, 4) is 5.69 Å². The van der Waals surface area contributed by atoms with Crippen molar-refractivity contribution in [1.82, 2.24) is 9.78 Å². The molecule has 5 nitrogen and oxygen atoms in total. The van der Waals surface area contributed by atoms with Crippen LogP contribution in [0.2, 0.25) is 0 Å². The van der Waals surface area contributed by atoms with Crippen LogP contribution in [0.15, 0.2) is 30.3 Å². The van der Waals surface area contributed by atoms with Gasteiger partial charge in [0, 0.05) is 11.3 Å². The molecule has 0 aliphatic carbocycles. The van der Waals surface area contributed by atoms with E-state index < -0.39 is 12.0 Å². The van der Waals surface area contributed by atoms with Crippen LogP contribution in [0.3, 0.4) is 0 Å². The van der Waals surface area contributed by atoms with Gasteiger partial charge in [-0.2, -0.15) is 5.10 Å². The predicted molar refractivity (Wildman–Crippen MR) is 91.1 cm³/mol. The summed E-state index contributed by atoms with van der Waals surface area (Å²) in [4.78, 5) is 11.8. The Hall–Kier alpha value is -1.56. The minimum atomic E-state index is -0.799. The van der Waals surface area contributed by atoms with Gasteiger partial charge in [0.2, 0.25) is 0 Å². The summed E-state index contributed by atoms with van der Waals surface area (Å²) in [7, 11) is 0. The molecule has 1 atom stereocenters. The lowest BCUT2D eigenvalue weighted by molar-refractivity contribution is -0.144. The summed E-state index contributed by atoms with van der Waals surface area (Å²) in [5.41, 5.74) is 9.26. The zero-order valence-corrected chi connectivity index (χ0v) is 14.4. The fraction of sp³-hybridized carbons (Fsp3) is 0.333. The van der Waals surface area contributed by atoms with Crippen molar-refractivity contribution in [3.63, 3.8) is 0 Å². The Labute approximate surface area is 142 Å². The average molecular weight is 346 g/mol. The second-order valence-corrected chi connectivity index (χ2v) is 4.56. The Kier molecular flexibility index (Phi) is 8.16. The van der Waals surface area contributed by atoms with Gasteiger partial charge in [0.05, 0.1) is 18.0 Å². The Morgan fingerprint density at radius 2 is 1.86 bits per heavy atom. The minimum absolute atomic E-state index is 0. The summed E-state index contributed by atoms with van der Waals surface area (Å²) in [6.07, 6.45) is 0. The molecule has 2 aromatic rings. The maximum atomic E-state index is 11.8. The van der Waals surface area contributed by atoms with E-state index in [1.807, 2.05) is 44.2 Å². The normalized spacial score (nSPS) is 11.1. The maximum absolute atomic E-state index is 11.8. The van der Waals surface area contributed by atoms with Crippen LogP contribution in [-0.4, -0.2) is 22.4 Å². The van der Waals surface area contributed by atoms with Crippen molar-refractivity contribution in [2.24, 2.45) is 5.73 Å². The number of rotatable bonds is 4. The van der Waals surface area contributed by atoms with Gasteiger partial charge >= 0.3 is 5.97 Å². The molecule has 2 N–H and O–H groups in total. The maximum Gasteiger partial charge on any atom is 0.327 e. The highest BCUT2D eigenvalue weighted by Gasteiger charge is 2.25. The second kappa shape index (κ2) is 8.78. The third-order valence-electron chi connectivity index (χ3n) is 3.20. The standard InChI is InChI=1S/C15H19N3O2.2ClH/c1-4-20-15(19)14(16)13-10(2)17-18(11(13)3)12-8-6-5-7-9-12;;/h5-9,14H,4,16H2,1-3H3;2*1H. The molecule has 122 valence electrons. The number of carbonyl (C=O) groups excluding carboxylic acids is 1. The molecule has 1 unspecified atom stereocenters. The number of nitrogens with two attached hydrogens (primary N) is 1.